The van der Waals surface area contributed by atoms with Gasteiger partial charge in [-0.3, -0.25) is 9.58 Å². The Balaban J connectivity index is 1.64. The van der Waals surface area contributed by atoms with Gasteiger partial charge in [-0.25, -0.2) is 4.79 Å². The summed E-state index contributed by atoms with van der Waals surface area (Å²) in [6, 6.07) is 8.20. The zero-order valence-electron chi connectivity index (χ0n) is 15.3. The summed E-state index contributed by atoms with van der Waals surface area (Å²) in [6.45, 7) is 10.3. The molecule has 1 fully saturated rings. The monoisotopic (exact) mass is 342 g/mol. The van der Waals surface area contributed by atoms with Gasteiger partial charge < -0.3 is 10.1 Å². The second-order valence-corrected chi connectivity index (χ2v) is 7.43. The largest absolute Gasteiger partial charge is 0.447 e. The van der Waals surface area contributed by atoms with Crippen molar-refractivity contribution in [1.29, 1.82) is 0 Å². The molecule has 1 aromatic carbocycles. The number of benzene rings is 1. The van der Waals surface area contributed by atoms with E-state index in [0.717, 1.165) is 23.4 Å². The van der Waals surface area contributed by atoms with Crippen molar-refractivity contribution in [3.05, 3.63) is 47.8 Å². The van der Waals surface area contributed by atoms with Crippen LogP contribution >= 0.6 is 0 Å². The van der Waals surface area contributed by atoms with Crippen LogP contribution in [-0.2, 0) is 16.8 Å². The van der Waals surface area contributed by atoms with Crippen molar-refractivity contribution in [3.63, 3.8) is 0 Å². The molecule has 0 bridgehead atoms. The first-order valence-electron chi connectivity index (χ1n) is 8.66. The first-order chi connectivity index (χ1) is 11.8. The summed E-state index contributed by atoms with van der Waals surface area (Å²) in [4.78, 5) is 13.4. The molecule has 1 saturated heterocycles. The Morgan fingerprint density at radius 2 is 2.16 bits per heavy atom. The minimum absolute atomic E-state index is 0.0114. The second-order valence-electron chi connectivity index (χ2n) is 7.43. The van der Waals surface area contributed by atoms with Crippen LogP contribution in [0, 0.1) is 0 Å². The summed E-state index contributed by atoms with van der Waals surface area (Å²) in [5.41, 5.74) is 3.17. The summed E-state index contributed by atoms with van der Waals surface area (Å²) in [5.74, 6) is 0. The average molecular weight is 342 g/mol. The van der Waals surface area contributed by atoms with Crippen LogP contribution in [0.5, 0.6) is 0 Å². The quantitative estimate of drug-likeness (QED) is 0.904. The Kier molecular flexibility index (Phi) is 4.81. The molecule has 1 aliphatic heterocycles. The van der Waals surface area contributed by atoms with Crippen LogP contribution in [0.1, 0.15) is 44.9 Å². The number of anilines is 1. The molecule has 1 N–H and O–H groups in total. The molecule has 0 aliphatic carbocycles. The molecule has 25 heavy (non-hydrogen) atoms. The Hall–Kier alpha value is -2.34. The normalized spacial score (nSPS) is 16.2. The van der Waals surface area contributed by atoms with Crippen molar-refractivity contribution < 1.29 is 9.53 Å². The molecule has 134 valence electrons. The predicted molar refractivity (Wildman–Crippen MR) is 97.6 cm³/mol. The number of amides is 1. The van der Waals surface area contributed by atoms with Gasteiger partial charge in [0.05, 0.1) is 18.3 Å². The molecule has 1 aliphatic rings. The molecule has 0 radical (unpaired) electrons. The van der Waals surface area contributed by atoms with Crippen molar-refractivity contribution in [2.75, 3.05) is 18.1 Å². The molecule has 0 saturated carbocycles. The molecular weight excluding hydrogens is 316 g/mol. The van der Waals surface area contributed by atoms with E-state index < -0.39 is 0 Å². The van der Waals surface area contributed by atoms with Gasteiger partial charge in [0.25, 0.3) is 0 Å². The number of carbonyl (C=O) groups excluding carboxylic acids is 1. The van der Waals surface area contributed by atoms with Gasteiger partial charge in [0, 0.05) is 30.0 Å². The molecule has 1 aromatic heterocycles. The maximum absolute atomic E-state index is 11.7. The lowest BCUT2D eigenvalue weighted by Gasteiger charge is -2.19. The average Bonchev–Trinajstić information content (AvgIpc) is 3.21. The van der Waals surface area contributed by atoms with E-state index in [-0.39, 0.29) is 17.7 Å². The van der Waals surface area contributed by atoms with Crippen molar-refractivity contribution >= 4 is 11.8 Å². The molecule has 2 heterocycles. The Morgan fingerprint density at radius 3 is 2.80 bits per heavy atom. The molecule has 6 heteroatoms. The summed E-state index contributed by atoms with van der Waals surface area (Å²) in [7, 11) is 0. The zero-order valence-corrected chi connectivity index (χ0v) is 15.3. The second kappa shape index (κ2) is 6.88. The van der Waals surface area contributed by atoms with E-state index in [1.54, 1.807) is 4.90 Å². The minimum atomic E-state index is -0.271. The van der Waals surface area contributed by atoms with E-state index >= 15 is 0 Å². The third kappa shape index (κ3) is 4.02. The molecule has 6 nitrogen and oxygen atoms in total. The predicted octanol–water partition coefficient (Wildman–Crippen LogP) is 3.45. The lowest BCUT2D eigenvalue weighted by atomic mass is 10.1. The first-order valence-corrected chi connectivity index (χ1v) is 8.66. The van der Waals surface area contributed by atoms with Crippen LogP contribution in [0.25, 0.3) is 0 Å². The van der Waals surface area contributed by atoms with Crippen molar-refractivity contribution in [3.8, 4) is 0 Å². The summed E-state index contributed by atoms with van der Waals surface area (Å²) < 4.78 is 7.00. The standard InChI is InChI=1S/C19H26N4O2/c1-14(20-11-15-12-21-23(13-15)19(2,3)4)16-6-5-7-17(10-16)22-8-9-25-18(22)24/h5-7,10,12-14,20H,8-9,11H2,1-4H3. The maximum atomic E-state index is 11.7. The Morgan fingerprint density at radius 1 is 1.36 bits per heavy atom. The highest BCUT2D eigenvalue weighted by Crippen LogP contribution is 2.23. The molecule has 1 atom stereocenters. The molecule has 1 amide bonds. The van der Waals surface area contributed by atoms with Gasteiger partial charge in [-0.15, -0.1) is 0 Å². The topological polar surface area (TPSA) is 59.4 Å². The van der Waals surface area contributed by atoms with E-state index in [1.807, 2.05) is 29.1 Å². The summed E-state index contributed by atoms with van der Waals surface area (Å²) in [6.07, 6.45) is 3.71. The molecule has 2 aromatic rings. The van der Waals surface area contributed by atoms with Crippen molar-refractivity contribution in [2.24, 2.45) is 0 Å². The third-order valence-corrected chi connectivity index (χ3v) is 4.38. The highest BCUT2D eigenvalue weighted by atomic mass is 16.6. The zero-order chi connectivity index (χ0) is 18.0. The Labute approximate surface area is 148 Å². The van der Waals surface area contributed by atoms with E-state index in [0.29, 0.717) is 13.2 Å². The van der Waals surface area contributed by atoms with E-state index in [1.165, 1.54) is 0 Å². The SMILES string of the molecule is CC(NCc1cnn(C(C)(C)C)c1)c1cccc(N2CCOC2=O)c1. The fourth-order valence-corrected chi connectivity index (χ4v) is 2.80. The highest BCUT2D eigenvalue weighted by molar-refractivity contribution is 5.89. The number of ether oxygens (including phenoxy) is 1. The number of aromatic nitrogens is 2. The van der Waals surface area contributed by atoms with Gasteiger partial charge in [-0.05, 0) is 45.4 Å². The maximum Gasteiger partial charge on any atom is 0.414 e. The third-order valence-electron chi connectivity index (χ3n) is 4.38. The highest BCUT2D eigenvalue weighted by Gasteiger charge is 2.24. The van der Waals surface area contributed by atoms with Gasteiger partial charge in [0.15, 0.2) is 0 Å². The lowest BCUT2D eigenvalue weighted by Crippen LogP contribution is -2.24. The van der Waals surface area contributed by atoms with Crippen LogP contribution in [0.3, 0.4) is 0 Å². The number of rotatable bonds is 5. The van der Waals surface area contributed by atoms with Crippen molar-refractivity contribution in [1.82, 2.24) is 15.1 Å². The van der Waals surface area contributed by atoms with Gasteiger partial charge in [-0.2, -0.15) is 5.10 Å². The van der Waals surface area contributed by atoms with Gasteiger partial charge in [0.1, 0.15) is 6.61 Å². The molecule has 0 spiro atoms. The molecule has 1 unspecified atom stereocenters. The molecular formula is C19H26N4O2. The van der Waals surface area contributed by atoms with Gasteiger partial charge in [-0.1, -0.05) is 12.1 Å². The van der Waals surface area contributed by atoms with Crippen molar-refractivity contribution in [2.45, 2.75) is 45.8 Å². The van der Waals surface area contributed by atoms with Crippen LogP contribution in [0.15, 0.2) is 36.7 Å². The smallest absolute Gasteiger partial charge is 0.414 e. The fraction of sp³-hybridized carbons (Fsp3) is 0.474. The number of carbonyl (C=O) groups is 1. The number of cyclic esters (lactones) is 1. The molecule has 3 rings (SSSR count). The number of nitrogens with one attached hydrogen (secondary N) is 1. The van der Waals surface area contributed by atoms with Crippen LogP contribution in [0.4, 0.5) is 10.5 Å². The lowest BCUT2D eigenvalue weighted by molar-refractivity contribution is 0.181. The van der Waals surface area contributed by atoms with E-state index in [4.69, 9.17) is 4.74 Å². The van der Waals surface area contributed by atoms with Gasteiger partial charge in [0.2, 0.25) is 0 Å². The van der Waals surface area contributed by atoms with Crippen LogP contribution < -0.4 is 10.2 Å². The summed E-state index contributed by atoms with van der Waals surface area (Å²) >= 11 is 0. The van der Waals surface area contributed by atoms with Crippen LogP contribution in [0.2, 0.25) is 0 Å². The minimum Gasteiger partial charge on any atom is -0.447 e. The first kappa shape index (κ1) is 17.5. The summed E-state index contributed by atoms with van der Waals surface area (Å²) in [5, 5.41) is 7.95. The van der Waals surface area contributed by atoms with E-state index in [9.17, 15) is 4.79 Å². The number of nitrogens with zero attached hydrogens (tertiary/aromatic N) is 3. The number of hydrogen-bond acceptors (Lipinski definition) is 4. The van der Waals surface area contributed by atoms with E-state index in [2.05, 4.69) is 50.4 Å². The van der Waals surface area contributed by atoms with Gasteiger partial charge >= 0.3 is 6.09 Å². The van der Waals surface area contributed by atoms with Crippen LogP contribution in [-0.4, -0.2) is 29.0 Å². The Bertz CT molecular complexity index is 748. The number of hydrogen-bond donors (Lipinski definition) is 1. The fourth-order valence-electron chi connectivity index (χ4n) is 2.80.